The number of carbonyl (C=O) groups is 2. The monoisotopic (exact) mass is 409 g/mol. The van der Waals surface area contributed by atoms with Crippen LogP contribution >= 0.6 is 11.6 Å². The Hall–Kier alpha value is -2.30. The fourth-order valence-corrected chi connectivity index (χ4v) is 3.50. The molecule has 1 saturated heterocycles. The number of hydrogen-bond acceptors (Lipinski definition) is 3. The molecular weight excluding hydrogens is 385 g/mol. The topological polar surface area (TPSA) is 81.7 Å². The van der Waals surface area contributed by atoms with Crippen LogP contribution in [0.3, 0.4) is 0 Å². The Labute approximate surface area is 169 Å². The zero-order valence-corrected chi connectivity index (χ0v) is 16.6. The Kier molecular flexibility index (Phi) is 8.55. The van der Waals surface area contributed by atoms with Crippen LogP contribution in [0.25, 0.3) is 0 Å². The van der Waals surface area contributed by atoms with Crippen LogP contribution in [-0.2, 0) is 4.79 Å². The molecule has 8 heteroatoms. The van der Waals surface area contributed by atoms with Gasteiger partial charge in [-0.2, -0.15) is 0 Å². The first kappa shape index (κ1) is 22.0. The van der Waals surface area contributed by atoms with E-state index >= 15 is 0 Å². The number of likely N-dealkylation sites (tertiary alicyclic amines) is 1. The van der Waals surface area contributed by atoms with Gasteiger partial charge < -0.3 is 20.6 Å². The minimum Gasteiger partial charge on any atom is -0.465 e. The van der Waals surface area contributed by atoms with Crippen LogP contribution in [0.4, 0.5) is 9.18 Å². The smallest absolute Gasteiger partial charge is 0.404 e. The molecule has 1 atom stereocenters. The second kappa shape index (κ2) is 10.9. The summed E-state index contributed by atoms with van der Waals surface area (Å²) in [7, 11) is 1.54. The van der Waals surface area contributed by atoms with Gasteiger partial charge in [0.15, 0.2) is 0 Å². The third-order valence-corrected chi connectivity index (χ3v) is 5.14. The molecule has 2 rings (SSSR count). The number of benzene rings is 1. The largest absolute Gasteiger partial charge is 0.465 e. The lowest BCUT2D eigenvalue weighted by Gasteiger charge is -2.35. The van der Waals surface area contributed by atoms with E-state index in [0.717, 1.165) is 32.5 Å². The van der Waals surface area contributed by atoms with Gasteiger partial charge in [-0.1, -0.05) is 23.4 Å². The molecule has 0 saturated carbocycles. The zero-order valence-electron chi connectivity index (χ0n) is 15.8. The number of hydrogen-bond donors (Lipinski definition) is 3. The van der Waals surface area contributed by atoms with E-state index in [1.54, 1.807) is 19.2 Å². The summed E-state index contributed by atoms with van der Waals surface area (Å²) in [6.07, 6.45) is 1.26. The number of nitrogens with zero attached hydrogens (tertiary/aromatic N) is 1. The van der Waals surface area contributed by atoms with Crippen LogP contribution in [0.1, 0.15) is 31.2 Å². The molecule has 0 aromatic heterocycles. The number of piperidine rings is 1. The van der Waals surface area contributed by atoms with Gasteiger partial charge in [-0.3, -0.25) is 4.79 Å². The van der Waals surface area contributed by atoms with E-state index in [9.17, 15) is 14.0 Å². The lowest BCUT2D eigenvalue weighted by atomic mass is 9.87. The molecule has 1 aliphatic heterocycles. The molecule has 3 N–H and O–H groups in total. The van der Waals surface area contributed by atoms with Gasteiger partial charge in [0, 0.05) is 37.5 Å². The van der Waals surface area contributed by atoms with Crippen molar-refractivity contribution in [2.45, 2.75) is 31.7 Å². The molecule has 1 fully saturated rings. The van der Waals surface area contributed by atoms with Crippen molar-refractivity contribution < 1.29 is 19.1 Å². The molecular formula is C20H25ClFN3O3. The van der Waals surface area contributed by atoms with E-state index in [4.69, 9.17) is 16.7 Å². The van der Waals surface area contributed by atoms with Gasteiger partial charge in [0.25, 0.3) is 0 Å². The third kappa shape index (κ3) is 7.02. The van der Waals surface area contributed by atoms with Crippen LogP contribution in [0.15, 0.2) is 18.2 Å². The molecule has 1 unspecified atom stereocenters. The van der Waals surface area contributed by atoms with Crippen molar-refractivity contribution >= 4 is 23.6 Å². The highest BCUT2D eigenvalue weighted by Crippen LogP contribution is 2.23. The van der Waals surface area contributed by atoms with Crippen molar-refractivity contribution in [2.75, 3.05) is 26.7 Å². The maximum absolute atomic E-state index is 13.7. The van der Waals surface area contributed by atoms with Crippen molar-refractivity contribution in [1.82, 2.24) is 15.5 Å². The lowest BCUT2D eigenvalue weighted by Crippen LogP contribution is -2.47. The molecule has 0 bridgehead atoms. The summed E-state index contributed by atoms with van der Waals surface area (Å²) >= 11 is 5.72. The average Bonchev–Trinajstić information content (AvgIpc) is 2.66. The van der Waals surface area contributed by atoms with Crippen molar-refractivity contribution in [3.8, 4) is 11.8 Å². The molecule has 1 heterocycles. The summed E-state index contributed by atoms with van der Waals surface area (Å²) in [5.41, 5.74) is 0.333. The number of carbonyl (C=O) groups excluding carboxylic acids is 1. The summed E-state index contributed by atoms with van der Waals surface area (Å²) in [6, 6.07) is 4.04. The highest BCUT2D eigenvalue weighted by Gasteiger charge is 2.29. The molecule has 152 valence electrons. The highest BCUT2D eigenvalue weighted by molar-refractivity contribution is 6.30. The highest BCUT2D eigenvalue weighted by atomic mass is 35.5. The number of carboxylic acid groups (broad SMARTS) is 1. The maximum atomic E-state index is 13.7. The molecule has 2 amide bonds. The van der Waals surface area contributed by atoms with Crippen LogP contribution < -0.4 is 10.6 Å². The maximum Gasteiger partial charge on any atom is 0.404 e. The first-order valence-electron chi connectivity index (χ1n) is 9.25. The minimum absolute atomic E-state index is 0.124. The van der Waals surface area contributed by atoms with Gasteiger partial charge in [0.2, 0.25) is 5.91 Å². The Bertz CT molecular complexity index is 755. The van der Waals surface area contributed by atoms with E-state index in [0.29, 0.717) is 17.0 Å². The summed E-state index contributed by atoms with van der Waals surface area (Å²) in [4.78, 5) is 24.9. The molecule has 0 spiro atoms. The van der Waals surface area contributed by atoms with Gasteiger partial charge in [-0.15, -0.1) is 0 Å². The predicted octanol–water partition coefficient (Wildman–Crippen LogP) is 2.71. The van der Waals surface area contributed by atoms with Crippen LogP contribution in [0, 0.1) is 23.6 Å². The summed E-state index contributed by atoms with van der Waals surface area (Å²) in [5, 5.41) is 14.4. The first-order chi connectivity index (χ1) is 13.4. The van der Waals surface area contributed by atoms with E-state index in [2.05, 4.69) is 27.4 Å². The van der Waals surface area contributed by atoms with Crippen molar-refractivity contribution in [3.63, 3.8) is 0 Å². The summed E-state index contributed by atoms with van der Waals surface area (Å²) in [5.74, 6) is 5.34. The standard InChI is InChI=1S/C20H25ClFN3O3/c1-23-19(26)13-18(24-20(27)28)15-7-10-25(11-8-15)9-3-2-4-14-5-6-16(21)12-17(14)22/h5-6,12,15,18,24H,3,7-11,13H2,1H3,(H,23,26)(H,27,28). The fourth-order valence-electron chi connectivity index (χ4n) is 3.34. The number of rotatable bonds is 6. The van der Waals surface area contributed by atoms with E-state index < -0.39 is 11.9 Å². The average molecular weight is 410 g/mol. The SMILES string of the molecule is CNC(=O)CC(NC(=O)O)C1CCN(CCC#Cc2ccc(Cl)cc2F)CC1. The number of halogens is 2. The van der Waals surface area contributed by atoms with Gasteiger partial charge in [0.1, 0.15) is 5.82 Å². The van der Waals surface area contributed by atoms with Gasteiger partial charge >= 0.3 is 6.09 Å². The second-order valence-corrected chi connectivity index (χ2v) is 7.22. The van der Waals surface area contributed by atoms with Crippen molar-refractivity contribution in [2.24, 2.45) is 5.92 Å². The van der Waals surface area contributed by atoms with E-state index in [1.165, 1.54) is 6.07 Å². The van der Waals surface area contributed by atoms with Crippen molar-refractivity contribution in [3.05, 3.63) is 34.6 Å². The Balaban J connectivity index is 1.80. The molecule has 0 aliphatic carbocycles. The third-order valence-electron chi connectivity index (χ3n) is 4.90. The quantitative estimate of drug-likeness (QED) is 0.631. The van der Waals surface area contributed by atoms with Crippen LogP contribution in [-0.4, -0.2) is 54.7 Å². The molecule has 28 heavy (non-hydrogen) atoms. The molecule has 6 nitrogen and oxygen atoms in total. The number of amides is 2. The normalized spacial score (nSPS) is 16.0. The Morgan fingerprint density at radius 3 is 2.71 bits per heavy atom. The van der Waals surface area contributed by atoms with E-state index in [1.807, 2.05) is 0 Å². The molecule has 1 aromatic carbocycles. The molecule has 0 radical (unpaired) electrons. The summed E-state index contributed by atoms with van der Waals surface area (Å²) < 4.78 is 13.7. The zero-order chi connectivity index (χ0) is 20.5. The van der Waals surface area contributed by atoms with Crippen LogP contribution in [0.2, 0.25) is 5.02 Å². The molecule has 1 aromatic rings. The Morgan fingerprint density at radius 2 is 2.11 bits per heavy atom. The van der Waals surface area contributed by atoms with Gasteiger partial charge in [-0.25, -0.2) is 9.18 Å². The van der Waals surface area contributed by atoms with Crippen LogP contribution in [0.5, 0.6) is 0 Å². The molecule has 1 aliphatic rings. The Morgan fingerprint density at radius 1 is 1.39 bits per heavy atom. The van der Waals surface area contributed by atoms with Gasteiger partial charge in [0.05, 0.1) is 5.56 Å². The fraction of sp³-hybridized carbons (Fsp3) is 0.500. The van der Waals surface area contributed by atoms with E-state index in [-0.39, 0.29) is 24.3 Å². The van der Waals surface area contributed by atoms with Gasteiger partial charge in [-0.05, 0) is 50.0 Å². The predicted molar refractivity (Wildman–Crippen MR) is 106 cm³/mol. The second-order valence-electron chi connectivity index (χ2n) is 6.79. The lowest BCUT2D eigenvalue weighted by molar-refractivity contribution is -0.121. The van der Waals surface area contributed by atoms with Crippen molar-refractivity contribution in [1.29, 1.82) is 0 Å². The summed E-state index contributed by atoms with van der Waals surface area (Å²) in [6.45, 7) is 2.39. The minimum atomic E-state index is -1.11. The first-order valence-corrected chi connectivity index (χ1v) is 9.63. The number of nitrogens with one attached hydrogen (secondary N) is 2.